The largest absolute Gasteiger partial charge is 0.494 e. The first-order chi connectivity index (χ1) is 7.78. The van der Waals surface area contributed by atoms with Crippen molar-refractivity contribution in [3.63, 3.8) is 0 Å². The molecule has 0 bridgehead atoms. The number of ether oxygens (including phenoxy) is 1. The average Bonchev–Trinajstić information content (AvgIpc) is 2.32. The molecule has 1 rings (SSSR count). The Morgan fingerprint density at radius 3 is 2.38 bits per heavy atom. The van der Waals surface area contributed by atoms with E-state index in [1.165, 1.54) is 0 Å². The summed E-state index contributed by atoms with van der Waals surface area (Å²) in [7, 11) is 0. The average molecular weight is 222 g/mol. The minimum Gasteiger partial charge on any atom is -0.494 e. The van der Waals surface area contributed by atoms with E-state index in [4.69, 9.17) is 10.1 Å². The Hall–Kier alpha value is -1.60. The summed E-state index contributed by atoms with van der Waals surface area (Å²) in [6.45, 7) is 8.91. The standard InChI is InChI=1S/C8H9N2O.C4H11N/c1-2-11-8-5-3-4-7(6-8)10-9;1-3-5-4-2/h3-6H,2H2,1H3;5H,3-4H2,1-2H3/q+1;. The van der Waals surface area contributed by atoms with Gasteiger partial charge in [-0.3, -0.25) is 0 Å². The lowest BCUT2D eigenvalue weighted by atomic mass is 10.3. The number of nitrogens with one attached hydrogen (secondary N) is 1. The van der Waals surface area contributed by atoms with Crippen LogP contribution < -0.4 is 10.1 Å². The summed E-state index contributed by atoms with van der Waals surface area (Å²) in [5, 5.41) is 11.5. The van der Waals surface area contributed by atoms with Crippen molar-refractivity contribution in [3.8, 4) is 5.75 Å². The van der Waals surface area contributed by atoms with Crippen molar-refractivity contribution in [2.45, 2.75) is 20.8 Å². The highest BCUT2D eigenvalue weighted by molar-refractivity contribution is 5.48. The molecule has 0 aliphatic carbocycles. The summed E-state index contributed by atoms with van der Waals surface area (Å²) >= 11 is 0. The molecule has 88 valence electrons. The second-order valence-electron chi connectivity index (χ2n) is 2.99. The summed E-state index contributed by atoms with van der Waals surface area (Å²) < 4.78 is 5.18. The number of hydrogen-bond donors (Lipinski definition) is 1. The fourth-order valence-electron chi connectivity index (χ4n) is 1.05. The molecule has 0 aliphatic heterocycles. The number of nitrogens with zero attached hydrogens (tertiary/aromatic N) is 2. The smallest absolute Gasteiger partial charge is 0.388 e. The highest BCUT2D eigenvalue weighted by Crippen LogP contribution is 2.19. The molecule has 0 spiro atoms. The molecule has 0 heterocycles. The zero-order chi connectivity index (χ0) is 12.2. The molecule has 0 aliphatic rings. The zero-order valence-corrected chi connectivity index (χ0v) is 10.2. The summed E-state index contributed by atoms with van der Waals surface area (Å²) in [5.74, 6) is 0.725. The molecule has 0 aromatic heterocycles. The van der Waals surface area contributed by atoms with Crippen molar-refractivity contribution in [2.75, 3.05) is 19.7 Å². The van der Waals surface area contributed by atoms with Gasteiger partial charge in [0.25, 0.3) is 0 Å². The van der Waals surface area contributed by atoms with Gasteiger partial charge in [0.05, 0.1) is 12.7 Å². The number of benzene rings is 1. The van der Waals surface area contributed by atoms with E-state index in [1.807, 2.05) is 13.0 Å². The van der Waals surface area contributed by atoms with Crippen LogP contribution in [0, 0.1) is 5.39 Å². The third kappa shape index (κ3) is 6.80. The van der Waals surface area contributed by atoms with Gasteiger partial charge in [-0.05, 0) is 26.1 Å². The van der Waals surface area contributed by atoms with Gasteiger partial charge >= 0.3 is 5.69 Å². The molecule has 4 nitrogen and oxygen atoms in total. The Morgan fingerprint density at radius 2 is 1.94 bits per heavy atom. The minimum absolute atomic E-state index is 0.510. The van der Waals surface area contributed by atoms with Crippen LogP contribution in [0.15, 0.2) is 24.3 Å². The molecular formula is C12H20N3O+. The van der Waals surface area contributed by atoms with E-state index < -0.39 is 0 Å². The van der Waals surface area contributed by atoms with Gasteiger partial charge in [-0.15, -0.1) is 0 Å². The number of hydrogen-bond acceptors (Lipinski definition) is 3. The van der Waals surface area contributed by atoms with Crippen molar-refractivity contribution < 1.29 is 4.74 Å². The molecule has 4 heteroatoms. The van der Waals surface area contributed by atoms with Crippen LogP contribution in [0.3, 0.4) is 0 Å². The fourth-order valence-corrected chi connectivity index (χ4v) is 1.05. The molecular weight excluding hydrogens is 202 g/mol. The van der Waals surface area contributed by atoms with Gasteiger partial charge in [0, 0.05) is 6.07 Å². The van der Waals surface area contributed by atoms with E-state index in [9.17, 15) is 0 Å². The highest BCUT2D eigenvalue weighted by atomic mass is 16.5. The van der Waals surface area contributed by atoms with E-state index in [1.54, 1.807) is 18.2 Å². The molecule has 16 heavy (non-hydrogen) atoms. The monoisotopic (exact) mass is 222 g/mol. The number of diazo groups is 1. The van der Waals surface area contributed by atoms with Gasteiger partial charge in [-0.25, -0.2) is 0 Å². The summed E-state index contributed by atoms with van der Waals surface area (Å²) in [6.07, 6.45) is 0. The van der Waals surface area contributed by atoms with E-state index in [-0.39, 0.29) is 0 Å². The van der Waals surface area contributed by atoms with Crippen molar-refractivity contribution in [3.05, 3.63) is 29.2 Å². The van der Waals surface area contributed by atoms with E-state index in [0.717, 1.165) is 18.8 Å². The van der Waals surface area contributed by atoms with E-state index in [2.05, 4.69) is 24.1 Å². The topological polar surface area (TPSA) is 49.4 Å². The van der Waals surface area contributed by atoms with Crippen molar-refractivity contribution in [1.29, 1.82) is 5.39 Å². The minimum atomic E-state index is 0.510. The SMILES string of the molecule is CCNCC.CCOc1cccc([N+]#N)c1. The summed E-state index contributed by atoms with van der Waals surface area (Å²) in [4.78, 5) is 3.03. The van der Waals surface area contributed by atoms with Crippen LogP contribution in [0.2, 0.25) is 0 Å². The van der Waals surface area contributed by atoms with E-state index in [0.29, 0.717) is 12.3 Å². The zero-order valence-electron chi connectivity index (χ0n) is 10.2. The van der Waals surface area contributed by atoms with Crippen molar-refractivity contribution in [1.82, 2.24) is 5.32 Å². The molecule has 1 aromatic rings. The Morgan fingerprint density at radius 1 is 1.25 bits per heavy atom. The molecule has 0 fully saturated rings. The molecule has 0 atom stereocenters. The lowest BCUT2D eigenvalue weighted by Crippen LogP contribution is -2.09. The molecule has 0 saturated heterocycles. The van der Waals surface area contributed by atoms with Gasteiger partial charge in [0.15, 0.2) is 4.98 Å². The van der Waals surface area contributed by atoms with Crippen molar-refractivity contribution >= 4 is 5.69 Å². The first-order valence-electron chi connectivity index (χ1n) is 5.57. The third-order valence-electron chi connectivity index (χ3n) is 1.74. The maximum atomic E-state index is 8.40. The molecule has 0 amide bonds. The molecule has 1 aromatic carbocycles. The Bertz CT molecular complexity index is 318. The molecule has 1 N–H and O–H groups in total. The van der Waals surface area contributed by atoms with Crippen LogP contribution in [-0.4, -0.2) is 19.7 Å². The molecule has 0 saturated carbocycles. The Labute approximate surface area is 97.3 Å². The predicted octanol–water partition coefficient (Wildman–Crippen LogP) is 3.19. The first kappa shape index (κ1) is 14.4. The lowest BCUT2D eigenvalue weighted by molar-refractivity contribution is 0.340. The normalized spacial score (nSPS) is 8.62. The van der Waals surface area contributed by atoms with Gasteiger partial charge < -0.3 is 10.1 Å². The molecule has 0 unspecified atom stereocenters. The van der Waals surface area contributed by atoms with Gasteiger partial charge in [-0.1, -0.05) is 19.9 Å². The predicted molar refractivity (Wildman–Crippen MR) is 66.6 cm³/mol. The second kappa shape index (κ2) is 9.94. The van der Waals surface area contributed by atoms with Crippen LogP contribution >= 0.6 is 0 Å². The van der Waals surface area contributed by atoms with Crippen molar-refractivity contribution in [2.24, 2.45) is 0 Å². The Balaban J connectivity index is 0.000000385. The quantitative estimate of drug-likeness (QED) is 0.796. The van der Waals surface area contributed by atoms with Crippen LogP contribution in [0.5, 0.6) is 5.75 Å². The van der Waals surface area contributed by atoms with Crippen LogP contribution in [0.4, 0.5) is 5.69 Å². The lowest BCUT2D eigenvalue weighted by Gasteiger charge is -1.98. The number of rotatable bonds is 4. The molecule has 0 radical (unpaired) electrons. The summed E-state index contributed by atoms with van der Waals surface area (Å²) in [6, 6.07) is 6.96. The summed E-state index contributed by atoms with van der Waals surface area (Å²) in [5.41, 5.74) is 0.510. The van der Waals surface area contributed by atoms with Crippen LogP contribution in [0.25, 0.3) is 4.98 Å². The third-order valence-corrected chi connectivity index (χ3v) is 1.74. The van der Waals surface area contributed by atoms with Crippen LogP contribution in [-0.2, 0) is 0 Å². The first-order valence-corrected chi connectivity index (χ1v) is 5.57. The fraction of sp³-hybridized carbons (Fsp3) is 0.500. The second-order valence-corrected chi connectivity index (χ2v) is 2.99. The maximum Gasteiger partial charge on any atom is 0.388 e. The Kier molecular flexibility index (Phi) is 8.94. The van der Waals surface area contributed by atoms with Gasteiger partial charge in [0.2, 0.25) is 5.39 Å². The van der Waals surface area contributed by atoms with Crippen LogP contribution in [0.1, 0.15) is 20.8 Å². The van der Waals surface area contributed by atoms with E-state index >= 15 is 0 Å². The highest BCUT2D eigenvalue weighted by Gasteiger charge is 2.03. The van der Waals surface area contributed by atoms with Gasteiger partial charge in [0.1, 0.15) is 5.75 Å². The maximum absolute atomic E-state index is 8.40. The van der Waals surface area contributed by atoms with Gasteiger partial charge in [-0.2, -0.15) is 0 Å².